The van der Waals surface area contributed by atoms with Crippen LogP contribution in [0.1, 0.15) is 25.5 Å². The molecule has 4 nitrogen and oxygen atoms in total. The zero-order valence-electron chi connectivity index (χ0n) is 15.3. The molecule has 0 N–H and O–H groups in total. The van der Waals surface area contributed by atoms with Crippen molar-refractivity contribution in [2.24, 2.45) is 5.92 Å². The monoisotopic (exact) mass is 435 g/mol. The Labute approximate surface area is 164 Å². The number of amides is 1. The number of halogens is 3. The van der Waals surface area contributed by atoms with Crippen LogP contribution in [-0.4, -0.2) is 27.4 Å². The second-order valence-corrected chi connectivity index (χ2v) is 7.74. The molecule has 2 aromatic carbocycles. The topological polar surface area (TPSA) is 38.1 Å². The summed E-state index contributed by atoms with van der Waals surface area (Å²) in [6, 6.07) is 9.27. The lowest BCUT2D eigenvalue weighted by Gasteiger charge is -2.28. The molecule has 27 heavy (non-hydrogen) atoms. The molecule has 0 fully saturated rings. The lowest BCUT2D eigenvalue weighted by atomic mass is 10.0. The average molecular weight is 436 g/mol. The van der Waals surface area contributed by atoms with Crippen LogP contribution >= 0.6 is 15.9 Å². The fraction of sp³-hybridized carbons (Fsp3) is 0.300. The van der Waals surface area contributed by atoms with Gasteiger partial charge in [-0.1, -0.05) is 48.0 Å². The minimum atomic E-state index is -0.958. The maximum atomic E-state index is 13.7. The second-order valence-electron chi connectivity index (χ2n) is 6.88. The van der Waals surface area contributed by atoms with E-state index in [2.05, 4.69) is 20.9 Å². The summed E-state index contributed by atoms with van der Waals surface area (Å²) in [6.07, 6.45) is 1.47. The van der Waals surface area contributed by atoms with Gasteiger partial charge in [-0.15, -0.1) is 0 Å². The molecule has 1 unspecified atom stereocenters. The lowest BCUT2D eigenvalue weighted by Crippen LogP contribution is -2.36. The molecule has 1 atom stereocenters. The molecule has 3 aromatic rings. The zero-order valence-corrected chi connectivity index (χ0v) is 16.9. The van der Waals surface area contributed by atoms with E-state index in [1.807, 2.05) is 38.1 Å². The summed E-state index contributed by atoms with van der Waals surface area (Å²) < 4.78 is 29.8. The first kappa shape index (κ1) is 19.5. The van der Waals surface area contributed by atoms with Gasteiger partial charge in [0.25, 0.3) is 0 Å². The number of carbonyl (C=O) groups excluding carboxylic acids is 1. The maximum absolute atomic E-state index is 13.7. The Morgan fingerprint density at radius 3 is 2.56 bits per heavy atom. The van der Waals surface area contributed by atoms with Crippen molar-refractivity contribution >= 4 is 32.9 Å². The molecule has 0 radical (unpaired) electrons. The van der Waals surface area contributed by atoms with Crippen LogP contribution in [-0.2, 0) is 11.3 Å². The van der Waals surface area contributed by atoms with Gasteiger partial charge in [0, 0.05) is 30.2 Å². The molecule has 0 aliphatic rings. The van der Waals surface area contributed by atoms with Crippen LogP contribution in [0.15, 0.2) is 47.2 Å². The number of benzene rings is 2. The third-order valence-electron chi connectivity index (χ3n) is 4.54. The number of likely N-dealkylation sites (N-methyl/N-ethyl adjacent to an activating group) is 1. The molecule has 1 amide bonds. The van der Waals surface area contributed by atoms with Crippen molar-refractivity contribution in [3.63, 3.8) is 0 Å². The molecule has 7 heteroatoms. The Morgan fingerprint density at radius 1 is 1.22 bits per heavy atom. The van der Waals surface area contributed by atoms with Gasteiger partial charge in [0.2, 0.25) is 5.91 Å². The van der Waals surface area contributed by atoms with Gasteiger partial charge in [-0.05, 0) is 17.5 Å². The highest BCUT2D eigenvalue weighted by atomic mass is 79.9. The number of fused-ring (bicyclic) bond motifs is 1. The highest BCUT2D eigenvalue weighted by Gasteiger charge is 2.29. The second kappa shape index (κ2) is 7.76. The van der Waals surface area contributed by atoms with E-state index < -0.39 is 17.7 Å². The van der Waals surface area contributed by atoms with Crippen molar-refractivity contribution < 1.29 is 13.6 Å². The van der Waals surface area contributed by atoms with Crippen molar-refractivity contribution in [2.75, 3.05) is 7.05 Å². The van der Waals surface area contributed by atoms with E-state index in [-0.39, 0.29) is 11.8 Å². The Morgan fingerprint density at radius 2 is 1.89 bits per heavy atom. The molecular weight excluding hydrogens is 416 g/mol. The van der Waals surface area contributed by atoms with Crippen molar-refractivity contribution in [1.82, 2.24) is 14.5 Å². The quantitative estimate of drug-likeness (QED) is 0.569. The summed E-state index contributed by atoms with van der Waals surface area (Å²) in [5.74, 6) is -2.10. The van der Waals surface area contributed by atoms with E-state index in [1.54, 1.807) is 16.5 Å². The molecule has 0 saturated heterocycles. The van der Waals surface area contributed by atoms with Gasteiger partial charge < -0.3 is 9.47 Å². The third kappa shape index (κ3) is 3.88. The summed E-state index contributed by atoms with van der Waals surface area (Å²) in [4.78, 5) is 19.0. The number of hydrogen-bond donors (Lipinski definition) is 0. The van der Waals surface area contributed by atoms with E-state index in [0.717, 1.165) is 22.2 Å². The minimum Gasteiger partial charge on any atom is -0.340 e. The fourth-order valence-corrected chi connectivity index (χ4v) is 3.57. The molecule has 3 rings (SSSR count). The Kier molecular flexibility index (Phi) is 5.60. The van der Waals surface area contributed by atoms with Crippen LogP contribution in [0.25, 0.3) is 11.0 Å². The first-order valence-electron chi connectivity index (χ1n) is 8.59. The van der Waals surface area contributed by atoms with Crippen LogP contribution in [0.2, 0.25) is 0 Å². The molecule has 1 heterocycles. The van der Waals surface area contributed by atoms with Crippen LogP contribution in [0.3, 0.4) is 0 Å². The molecule has 0 aliphatic carbocycles. The van der Waals surface area contributed by atoms with Gasteiger partial charge >= 0.3 is 0 Å². The van der Waals surface area contributed by atoms with Gasteiger partial charge in [-0.3, -0.25) is 4.79 Å². The summed E-state index contributed by atoms with van der Waals surface area (Å²) in [7, 11) is 1.73. The highest BCUT2D eigenvalue weighted by molar-refractivity contribution is 9.10. The molecule has 142 valence electrons. The van der Waals surface area contributed by atoms with Gasteiger partial charge in [-0.2, -0.15) is 0 Å². The summed E-state index contributed by atoms with van der Waals surface area (Å²) >= 11 is 3.50. The average Bonchev–Trinajstić information content (AvgIpc) is 2.99. The standard InChI is InChI=1S/C20H20BrF2N3O/c1-12(2)19(20(27)25(3)10-13-6-4-5-7-14(13)21)26-11-24-17-8-15(22)16(23)9-18(17)26/h4-9,11-12,19H,10H2,1-3H3. The van der Waals surface area contributed by atoms with Gasteiger partial charge in [-0.25, -0.2) is 13.8 Å². The zero-order chi connectivity index (χ0) is 19.7. The Bertz CT molecular complexity index is 987. The van der Waals surface area contributed by atoms with E-state index in [1.165, 1.54) is 6.33 Å². The summed E-state index contributed by atoms with van der Waals surface area (Å²) in [5, 5.41) is 0. The highest BCUT2D eigenvalue weighted by Crippen LogP contribution is 2.28. The Balaban J connectivity index is 1.95. The van der Waals surface area contributed by atoms with Gasteiger partial charge in [0.15, 0.2) is 11.6 Å². The number of imidazole rings is 1. The smallest absolute Gasteiger partial charge is 0.246 e. The van der Waals surface area contributed by atoms with Crippen LogP contribution < -0.4 is 0 Å². The summed E-state index contributed by atoms with van der Waals surface area (Å²) in [6.45, 7) is 4.26. The molecule has 0 aliphatic heterocycles. The minimum absolute atomic E-state index is 0.0651. The van der Waals surface area contributed by atoms with Gasteiger partial charge in [0.05, 0.1) is 17.4 Å². The van der Waals surface area contributed by atoms with Crippen molar-refractivity contribution in [3.05, 3.63) is 64.4 Å². The predicted molar refractivity (Wildman–Crippen MR) is 104 cm³/mol. The predicted octanol–water partition coefficient (Wildman–Crippen LogP) is 4.93. The first-order chi connectivity index (χ1) is 12.8. The molecule has 1 aromatic heterocycles. The number of nitrogens with zero attached hydrogens (tertiary/aromatic N) is 3. The SMILES string of the molecule is CC(C)C(C(=O)N(C)Cc1ccccc1Br)n1cnc2cc(F)c(F)cc21. The molecular formula is C20H20BrF2N3O. The van der Waals surface area contributed by atoms with Crippen molar-refractivity contribution in [1.29, 1.82) is 0 Å². The summed E-state index contributed by atoms with van der Waals surface area (Å²) in [5.41, 5.74) is 1.70. The van der Waals surface area contributed by atoms with Gasteiger partial charge in [0.1, 0.15) is 6.04 Å². The number of carbonyl (C=O) groups is 1. The van der Waals surface area contributed by atoms with Crippen LogP contribution in [0, 0.1) is 17.6 Å². The normalized spacial score (nSPS) is 12.6. The van der Waals surface area contributed by atoms with Crippen LogP contribution in [0.5, 0.6) is 0 Å². The van der Waals surface area contributed by atoms with E-state index in [9.17, 15) is 13.6 Å². The van der Waals surface area contributed by atoms with E-state index in [0.29, 0.717) is 17.6 Å². The first-order valence-corrected chi connectivity index (χ1v) is 9.39. The molecule has 0 saturated carbocycles. The number of aromatic nitrogens is 2. The molecule has 0 bridgehead atoms. The number of rotatable bonds is 5. The van der Waals surface area contributed by atoms with Crippen LogP contribution in [0.4, 0.5) is 8.78 Å². The van der Waals surface area contributed by atoms with Crippen molar-refractivity contribution in [2.45, 2.75) is 26.4 Å². The lowest BCUT2D eigenvalue weighted by molar-refractivity contribution is -0.135. The van der Waals surface area contributed by atoms with E-state index in [4.69, 9.17) is 0 Å². The molecule has 0 spiro atoms. The number of hydrogen-bond acceptors (Lipinski definition) is 2. The van der Waals surface area contributed by atoms with E-state index >= 15 is 0 Å². The fourth-order valence-electron chi connectivity index (χ4n) is 3.16. The van der Waals surface area contributed by atoms with Crippen molar-refractivity contribution in [3.8, 4) is 0 Å². The largest absolute Gasteiger partial charge is 0.340 e. The third-order valence-corrected chi connectivity index (χ3v) is 5.32. The Hall–Kier alpha value is -2.28. The maximum Gasteiger partial charge on any atom is 0.246 e.